The fourth-order valence-corrected chi connectivity index (χ4v) is 2.32. The van der Waals surface area contributed by atoms with Crippen molar-refractivity contribution >= 4 is 17.1 Å². The van der Waals surface area contributed by atoms with Crippen LogP contribution in [0.1, 0.15) is 38.8 Å². The molecule has 0 aromatic carbocycles. The van der Waals surface area contributed by atoms with E-state index in [2.05, 4.69) is 30.7 Å². The number of hydrogen-bond acceptors (Lipinski definition) is 3. The summed E-state index contributed by atoms with van der Waals surface area (Å²) in [6, 6.07) is 2.35. The average molecular weight is 232 g/mol. The fraction of sp³-hybridized carbons (Fsp3) is 0.538. The van der Waals surface area contributed by atoms with E-state index in [-0.39, 0.29) is 0 Å². The van der Waals surface area contributed by atoms with Crippen LogP contribution in [-0.4, -0.2) is 14.5 Å². The number of nitrogens with two attached hydrogens (primary N) is 1. The van der Waals surface area contributed by atoms with E-state index in [1.165, 1.54) is 0 Å². The quantitative estimate of drug-likeness (QED) is 0.885. The van der Waals surface area contributed by atoms with Gasteiger partial charge in [-0.25, -0.2) is 9.97 Å². The molecule has 92 valence electrons. The van der Waals surface area contributed by atoms with Crippen LogP contribution in [0.5, 0.6) is 0 Å². The van der Waals surface area contributed by atoms with Crippen LogP contribution in [-0.2, 0) is 0 Å². The molecule has 17 heavy (non-hydrogen) atoms. The van der Waals surface area contributed by atoms with Crippen molar-refractivity contribution in [3.63, 3.8) is 0 Å². The minimum absolute atomic E-state index is 0.329. The first-order valence-electron chi connectivity index (χ1n) is 6.09. The van der Waals surface area contributed by atoms with E-state index in [1.807, 2.05) is 23.8 Å². The van der Waals surface area contributed by atoms with Crippen LogP contribution in [0.3, 0.4) is 0 Å². The smallest absolute Gasteiger partial charge is 0.202 e. The fourth-order valence-electron chi connectivity index (χ4n) is 2.32. The van der Waals surface area contributed by atoms with E-state index >= 15 is 0 Å². The van der Waals surface area contributed by atoms with Crippen molar-refractivity contribution in [1.82, 2.24) is 14.5 Å². The Morgan fingerprint density at radius 1 is 1.35 bits per heavy atom. The normalized spacial score (nSPS) is 13.5. The van der Waals surface area contributed by atoms with E-state index in [1.54, 1.807) is 0 Å². The van der Waals surface area contributed by atoms with Crippen LogP contribution in [0.2, 0.25) is 0 Å². The van der Waals surface area contributed by atoms with E-state index in [0.717, 1.165) is 23.1 Å². The summed E-state index contributed by atoms with van der Waals surface area (Å²) in [5.41, 5.74) is 8.88. The summed E-state index contributed by atoms with van der Waals surface area (Å²) in [5.74, 6) is 1.19. The van der Waals surface area contributed by atoms with Gasteiger partial charge in [0, 0.05) is 12.2 Å². The van der Waals surface area contributed by atoms with Crippen molar-refractivity contribution in [3.8, 4) is 0 Å². The van der Waals surface area contributed by atoms with Crippen molar-refractivity contribution in [2.45, 2.75) is 40.2 Å². The molecule has 2 rings (SSSR count). The molecule has 1 atom stereocenters. The lowest BCUT2D eigenvalue weighted by atomic mass is 10.1. The van der Waals surface area contributed by atoms with Gasteiger partial charge in [0.05, 0.1) is 0 Å². The van der Waals surface area contributed by atoms with Crippen LogP contribution in [0, 0.1) is 12.8 Å². The highest BCUT2D eigenvalue weighted by Gasteiger charge is 2.15. The number of imidazole rings is 1. The molecule has 2 aromatic heterocycles. The molecule has 0 aliphatic heterocycles. The highest BCUT2D eigenvalue weighted by molar-refractivity contribution is 5.74. The van der Waals surface area contributed by atoms with E-state index in [4.69, 9.17) is 5.73 Å². The topological polar surface area (TPSA) is 56.7 Å². The molecule has 4 nitrogen and oxygen atoms in total. The molecule has 2 heterocycles. The van der Waals surface area contributed by atoms with Crippen LogP contribution in [0.4, 0.5) is 5.95 Å². The summed E-state index contributed by atoms with van der Waals surface area (Å²) >= 11 is 0. The van der Waals surface area contributed by atoms with Crippen LogP contribution in [0.15, 0.2) is 12.3 Å². The molecule has 2 aromatic rings. The van der Waals surface area contributed by atoms with Crippen molar-refractivity contribution < 1.29 is 0 Å². The van der Waals surface area contributed by atoms with E-state index < -0.39 is 0 Å². The molecule has 1 unspecified atom stereocenters. The molecule has 2 N–H and O–H groups in total. The number of aryl methyl sites for hydroxylation is 1. The summed E-state index contributed by atoms with van der Waals surface area (Å²) in [6.07, 6.45) is 2.94. The second kappa shape index (κ2) is 4.35. The van der Waals surface area contributed by atoms with E-state index in [9.17, 15) is 0 Å². The Morgan fingerprint density at radius 2 is 2.06 bits per heavy atom. The number of pyridine rings is 1. The number of nitrogens with zero attached hydrogens (tertiary/aromatic N) is 3. The van der Waals surface area contributed by atoms with Gasteiger partial charge in [0.15, 0.2) is 5.65 Å². The molecular formula is C13H20N4. The van der Waals surface area contributed by atoms with E-state index in [0.29, 0.717) is 17.9 Å². The molecule has 0 saturated heterocycles. The van der Waals surface area contributed by atoms with Gasteiger partial charge in [-0.3, -0.25) is 4.57 Å². The van der Waals surface area contributed by atoms with Gasteiger partial charge >= 0.3 is 0 Å². The summed E-state index contributed by atoms with van der Waals surface area (Å²) in [6.45, 7) is 8.60. The average Bonchev–Trinajstić information content (AvgIpc) is 2.51. The minimum Gasteiger partial charge on any atom is -0.369 e. The van der Waals surface area contributed by atoms with Crippen LogP contribution >= 0.6 is 0 Å². The van der Waals surface area contributed by atoms with Gasteiger partial charge in [-0.15, -0.1) is 0 Å². The van der Waals surface area contributed by atoms with Crippen LogP contribution in [0.25, 0.3) is 11.2 Å². The lowest BCUT2D eigenvalue weighted by Crippen LogP contribution is -2.11. The minimum atomic E-state index is 0.329. The zero-order chi connectivity index (χ0) is 12.6. The number of anilines is 1. The molecule has 0 spiro atoms. The lowest BCUT2D eigenvalue weighted by molar-refractivity contribution is 0.438. The monoisotopic (exact) mass is 232 g/mol. The Kier molecular flexibility index (Phi) is 3.05. The zero-order valence-corrected chi connectivity index (χ0v) is 10.9. The van der Waals surface area contributed by atoms with Crippen molar-refractivity contribution in [2.75, 3.05) is 5.73 Å². The standard InChI is InChI=1S/C13H20N4/c1-8(2)5-10(4)17-12-11(16-13(17)14)6-9(3)7-15-12/h6-8,10H,5H2,1-4H3,(H2,14,16). The molecule has 0 amide bonds. The molecule has 0 fully saturated rings. The third-order valence-electron chi connectivity index (χ3n) is 2.95. The maximum absolute atomic E-state index is 5.99. The second-order valence-electron chi connectivity index (χ2n) is 5.17. The van der Waals surface area contributed by atoms with Gasteiger partial charge in [0.1, 0.15) is 5.52 Å². The summed E-state index contributed by atoms with van der Waals surface area (Å²) < 4.78 is 2.04. The molecule has 4 heteroatoms. The zero-order valence-electron chi connectivity index (χ0n) is 10.9. The molecule has 0 bridgehead atoms. The number of hydrogen-bond donors (Lipinski definition) is 1. The first kappa shape index (κ1) is 11.9. The number of fused-ring (bicyclic) bond motifs is 1. The van der Waals surface area contributed by atoms with Gasteiger partial charge in [-0.05, 0) is 37.8 Å². The first-order valence-corrected chi connectivity index (χ1v) is 6.09. The third-order valence-corrected chi connectivity index (χ3v) is 2.95. The molecule has 0 aliphatic carbocycles. The Hall–Kier alpha value is -1.58. The van der Waals surface area contributed by atoms with Gasteiger partial charge in [0.25, 0.3) is 0 Å². The summed E-state index contributed by atoms with van der Waals surface area (Å²) in [7, 11) is 0. The van der Waals surface area contributed by atoms with Gasteiger partial charge in [-0.1, -0.05) is 13.8 Å². The maximum atomic E-state index is 5.99. The van der Waals surface area contributed by atoms with Crippen molar-refractivity contribution in [1.29, 1.82) is 0 Å². The largest absolute Gasteiger partial charge is 0.369 e. The predicted molar refractivity (Wildman–Crippen MR) is 70.8 cm³/mol. The van der Waals surface area contributed by atoms with Crippen molar-refractivity contribution in [2.24, 2.45) is 5.92 Å². The van der Waals surface area contributed by atoms with Gasteiger partial charge in [0.2, 0.25) is 5.95 Å². The molecular weight excluding hydrogens is 212 g/mol. The number of rotatable bonds is 3. The number of nitrogen functional groups attached to an aromatic ring is 1. The Bertz CT molecular complexity index is 527. The van der Waals surface area contributed by atoms with Gasteiger partial charge < -0.3 is 5.73 Å². The molecule has 0 aliphatic rings. The SMILES string of the molecule is Cc1cnc2c(c1)nc(N)n2C(C)CC(C)C. The predicted octanol–water partition coefficient (Wildman–Crippen LogP) is 2.93. The summed E-state index contributed by atoms with van der Waals surface area (Å²) in [4.78, 5) is 8.83. The summed E-state index contributed by atoms with van der Waals surface area (Å²) in [5, 5.41) is 0. The Balaban J connectivity index is 2.49. The Morgan fingerprint density at radius 3 is 2.71 bits per heavy atom. The maximum Gasteiger partial charge on any atom is 0.202 e. The van der Waals surface area contributed by atoms with Crippen LogP contribution < -0.4 is 5.73 Å². The molecule has 0 radical (unpaired) electrons. The molecule has 0 saturated carbocycles. The number of aromatic nitrogens is 3. The van der Waals surface area contributed by atoms with Gasteiger partial charge in [-0.2, -0.15) is 0 Å². The van der Waals surface area contributed by atoms with Crippen molar-refractivity contribution in [3.05, 3.63) is 17.8 Å². The second-order valence-corrected chi connectivity index (χ2v) is 5.17. The lowest BCUT2D eigenvalue weighted by Gasteiger charge is -2.17. The Labute approximate surface area is 102 Å². The first-order chi connectivity index (χ1) is 7.99. The highest BCUT2D eigenvalue weighted by atomic mass is 15.2. The highest BCUT2D eigenvalue weighted by Crippen LogP contribution is 2.25. The third kappa shape index (κ3) is 2.25.